The molecule has 1 aromatic carbocycles. The van der Waals surface area contributed by atoms with Crippen molar-refractivity contribution in [2.75, 3.05) is 0 Å². The van der Waals surface area contributed by atoms with Crippen molar-refractivity contribution in [2.24, 2.45) is 0 Å². The van der Waals surface area contributed by atoms with Crippen molar-refractivity contribution in [1.29, 1.82) is 0 Å². The van der Waals surface area contributed by atoms with E-state index in [-0.39, 0.29) is 10.8 Å². The van der Waals surface area contributed by atoms with Crippen LogP contribution in [0.3, 0.4) is 0 Å². The quantitative estimate of drug-likeness (QED) is 0.484. The van der Waals surface area contributed by atoms with Crippen LogP contribution >= 0.6 is 11.6 Å². The SMILES string of the molecule is Cc1nc(Cl)cc(Oc2ccc([N+](=O)[O-])cc2)n1. The van der Waals surface area contributed by atoms with Gasteiger partial charge in [0.25, 0.3) is 5.69 Å². The molecule has 0 unspecified atom stereocenters. The second-order valence-corrected chi connectivity index (χ2v) is 3.82. The third kappa shape index (κ3) is 2.92. The molecule has 0 atom stereocenters. The molecule has 0 spiro atoms. The van der Waals surface area contributed by atoms with Crippen molar-refractivity contribution < 1.29 is 9.66 Å². The number of nitro benzene ring substituents is 1. The highest BCUT2D eigenvalue weighted by molar-refractivity contribution is 6.29. The van der Waals surface area contributed by atoms with Crippen LogP contribution in [0.25, 0.3) is 0 Å². The number of hydrogen-bond acceptors (Lipinski definition) is 5. The Bertz CT molecular complexity index is 566. The van der Waals surface area contributed by atoms with Gasteiger partial charge in [-0.15, -0.1) is 0 Å². The van der Waals surface area contributed by atoms with Crippen LogP contribution in [0, 0.1) is 17.0 Å². The Labute approximate surface area is 107 Å². The predicted octanol–water partition coefficient (Wildman–Crippen LogP) is 3.14. The lowest BCUT2D eigenvalue weighted by molar-refractivity contribution is -0.384. The zero-order valence-corrected chi connectivity index (χ0v) is 10.1. The molecule has 2 aromatic rings. The molecular weight excluding hydrogens is 258 g/mol. The molecule has 0 N–H and O–H groups in total. The molecule has 0 aliphatic heterocycles. The van der Waals surface area contributed by atoms with Gasteiger partial charge in [-0.05, 0) is 19.1 Å². The monoisotopic (exact) mass is 265 g/mol. The van der Waals surface area contributed by atoms with Crippen LogP contribution in [0.5, 0.6) is 11.6 Å². The van der Waals surface area contributed by atoms with E-state index in [1.165, 1.54) is 30.3 Å². The molecule has 0 amide bonds. The number of non-ortho nitro benzene ring substituents is 1. The van der Waals surface area contributed by atoms with Gasteiger partial charge >= 0.3 is 0 Å². The number of rotatable bonds is 3. The molecular formula is C11H8ClN3O3. The average molecular weight is 266 g/mol. The van der Waals surface area contributed by atoms with Crippen molar-refractivity contribution in [3.63, 3.8) is 0 Å². The lowest BCUT2D eigenvalue weighted by Gasteiger charge is -2.05. The van der Waals surface area contributed by atoms with Crippen molar-refractivity contribution >= 4 is 17.3 Å². The van der Waals surface area contributed by atoms with E-state index in [2.05, 4.69) is 9.97 Å². The van der Waals surface area contributed by atoms with Gasteiger partial charge in [0, 0.05) is 18.2 Å². The number of ether oxygens (including phenoxy) is 1. The predicted molar refractivity (Wildman–Crippen MR) is 64.9 cm³/mol. The zero-order valence-electron chi connectivity index (χ0n) is 9.33. The van der Waals surface area contributed by atoms with E-state index in [4.69, 9.17) is 16.3 Å². The molecule has 2 rings (SSSR count). The van der Waals surface area contributed by atoms with E-state index in [1.54, 1.807) is 6.92 Å². The minimum absolute atomic E-state index is 0.000694. The summed E-state index contributed by atoms with van der Waals surface area (Å²) in [6, 6.07) is 7.15. The van der Waals surface area contributed by atoms with Crippen LogP contribution < -0.4 is 4.74 Å². The minimum Gasteiger partial charge on any atom is -0.439 e. The van der Waals surface area contributed by atoms with Gasteiger partial charge in [-0.25, -0.2) is 4.98 Å². The van der Waals surface area contributed by atoms with Gasteiger partial charge in [-0.1, -0.05) is 11.6 Å². The topological polar surface area (TPSA) is 78.2 Å². The standard InChI is InChI=1S/C11H8ClN3O3/c1-7-13-10(12)6-11(14-7)18-9-4-2-8(3-5-9)15(16)17/h2-6H,1H3. The number of nitro groups is 1. The molecule has 1 heterocycles. The van der Waals surface area contributed by atoms with E-state index in [1.807, 2.05) is 0 Å². The van der Waals surface area contributed by atoms with Crippen LogP contribution in [0.1, 0.15) is 5.82 Å². The number of nitrogens with zero attached hydrogens (tertiary/aromatic N) is 3. The van der Waals surface area contributed by atoms with E-state index < -0.39 is 4.92 Å². The van der Waals surface area contributed by atoms with E-state index in [9.17, 15) is 10.1 Å². The minimum atomic E-state index is -0.477. The highest BCUT2D eigenvalue weighted by atomic mass is 35.5. The van der Waals surface area contributed by atoms with Crippen LogP contribution in [-0.4, -0.2) is 14.9 Å². The summed E-state index contributed by atoms with van der Waals surface area (Å²) in [7, 11) is 0. The molecule has 1 aromatic heterocycles. The Morgan fingerprint density at radius 3 is 2.50 bits per heavy atom. The maximum atomic E-state index is 10.5. The summed E-state index contributed by atoms with van der Waals surface area (Å²) in [5.74, 6) is 1.22. The van der Waals surface area contributed by atoms with Crippen LogP contribution in [0.2, 0.25) is 5.15 Å². The highest BCUT2D eigenvalue weighted by Gasteiger charge is 2.06. The third-order valence-corrected chi connectivity index (χ3v) is 2.25. The maximum absolute atomic E-state index is 10.5. The summed E-state index contributed by atoms with van der Waals surface area (Å²) >= 11 is 5.76. The molecule has 0 radical (unpaired) electrons. The average Bonchev–Trinajstić information content (AvgIpc) is 2.28. The fraction of sp³-hybridized carbons (Fsp3) is 0.0909. The molecule has 6 nitrogen and oxygen atoms in total. The first kappa shape index (κ1) is 12.3. The first-order valence-corrected chi connectivity index (χ1v) is 5.36. The van der Waals surface area contributed by atoms with E-state index in [0.29, 0.717) is 17.5 Å². The number of aromatic nitrogens is 2. The smallest absolute Gasteiger partial charge is 0.269 e. The van der Waals surface area contributed by atoms with Crippen molar-refractivity contribution in [3.8, 4) is 11.6 Å². The Kier molecular flexibility index (Phi) is 3.38. The van der Waals surface area contributed by atoms with Crippen molar-refractivity contribution in [2.45, 2.75) is 6.92 Å². The highest BCUT2D eigenvalue weighted by Crippen LogP contribution is 2.23. The fourth-order valence-electron chi connectivity index (χ4n) is 1.31. The van der Waals surface area contributed by atoms with Gasteiger partial charge in [0.2, 0.25) is 5.88 Å². The Morgan fingerprint density at radius 1 is 1.28 bits per heavy atom. The first-order valence-electron chi connectivity index (χ1n) is 4.98. The summed E-state index contributed by atoms with van der Waals surface area (Å²) in [5.41, 5.74) is -0.000694. The van der Waals surface area contributed by atoms with Gasteiger partial charge in [-0.3, -0.25) is 10.1 Å². The van der Waals surface area contributed by atoms with Crippen molar-refractivity contribution in [1.82, 2.24) is 9.97 Å². The molecule has 0 fully saturated rings. The second kappa shape index (κ2) is 4.97. The van der Waals surface area contributed by atoms with E-state index in [0.717, 1.165) is 0 Å². The van der Waals surface area contributed by atoms with Crippen LogP contribution in [0.15, 0.2) is 30.3 Å². The summed E-state index contributed by atoms with van der Waals surface area (Å²) in [5, 5.41) is 10.8. The molecule has 0 bridgehead atoms. The number of halogens is 1. The Morgan fingerprint density at radius 2 is 1.94 bits per heavy atom. The maximum Gasteiger partial charge on any atom is 0.269 e. The lowest BCUT2D eigenvalue weighted by atomic mass is 10.3. The molecule has 92 valence electrons. The summed E-state index contributed by atoms with van der Waals surface area (Å²) < 4.78 is 5.42. The molecule has 0 saturated carbocycles. The lowest BCUT2D eigenvalue weighted by Crippen LogP contribution is -1.93. The van der Waals surface area contributed by atoms with Crippen LogP contribution in [0.4, 0.5) is 5.69 Å². The molecule has 0 aliphatic rings. The van der Waals surface area contributed by atoms with Gasteiger partial charge in [0.1, 0.15) is 16.7 Å². The third-order valence-electron chi connectivity index (χ3n) is 2.05. The van der Waals surface area contributed by atoms with Gasteiger partial charge in [0.15, 0.2) is 0 Å². The Hall–Kier alpha value is -2.21. The Balaban J connectivity index is 2.20. The van der Waals surface area contributed by atoms with Gasteiger partial charge in [-0.2, -0.15) is 4.98 Å². The summed E-state index contributed by atoms with van der Waals surface area (Å²) in [6.07, 6.45) is 0. The zero-order chi connectivity index (χ0) is 13.1. The van der Waals surface area contributed by atoms with Gasteiger partial charge < -0.3 is 4.74 Å². The van der Waals surface area contributed by atoms with E-state index >= 15 is 0 Å². The van der Waals surface area contributed by atoms with Gasteiger partial charge in [0.05, 0.1) is 4.92 Å². The molecule has 7 heteroatoms. The fourth-order valence-corrected chi connectivity index (χ4v) is 1.53. The molecule has 0 aliphatic carbocycles. The normalized spacial score (nSPS) is 10.1. The number of aryl methyl sites for hydroxylation is 1. The summed E-state index contributed by atoms with van der Waals surface area (Å²) in [4.78, 5) is 17.9. The first-order chi connectivity index (χ1) is 8.54. The number of benzene rings is 1. The molecule has 18 heavy (non-hydrogen) atoms. The van der Waals surface area contributed by atoms with Crippen molar-refractivity contribution in [3.05, 3.63) is 51.4 Å². The number of hydrogen-bond donors (Lipinski definition) is 0. The summed E-state index contributed by atoms with van der Waals surface area (Å²) in [6.45, 7) is 1.69. The second-order valence-electron chi connectivity index (χ2n) is 3.43. The largest absolute Gasteiger partial charge is 0.439 e. The van der Waals surface area contributed by atoms with Crippen LogP contribution in [-0.2, 0) is 0 Å². The molecule has 0 saturated heterocycles.